The van der Waals surface area contributed by atoms with Crippen molar-refractivity contribution in [3.8, 4) is 0 Å². The molecule has 7 heteroatoms. The number of alkyl halides is 3. The Hall–Kier alpha value is -2.02. The lowest BCUT2D eigenvalue weighted by Crippen LogP contribution is -2.33. The monoisotopic (exact) mass is 341 g/mol. The van der Waals surface area contributed by atoms with Crippen LogP contribution in [0.1, 0.15) is 16.0 Å². The number of benzene rings is 1. The summed E-state index contributed by atoms with van der Waals surface area (Å²) in [6.45, 7) is 1.14. The number of hydrogen-bond donors (Lipinski definition) is 2. The van der Waals surface area contributed by atoms with Gasteiger partial charge in [-0.1, -0.05) is 18.2 Å². The van der Waals surface area contributed by atoms with Crippen molar-refractivity contribution in [2.75, 3.05) is 13.1 Å². The van der Waals surface area contributed by atoms with E-state index in [2.05, 4.69) is 16.4 Å². The van der Waals surface area contributed by atoms with Crippen LogP contribution in [0.15, 0.2) is 46.8 Å². The molecule has 0 fully saturated rings. The van der Waals surface area contributed by atoms with Crippen LogP contribution in [0.3, 0.4) is 0 Å². The summed E-state index contributed by atoms with van der Waals surface area (Å²) in [6, 6.07) is 9.19. The second kappa shape index (κ2) is 8.01. The third-order valence-corrected chi connectivity index (χ3v) is 4.16. The highest BCUT2D eigenvalue weighted by Crippen LogP contribution is 2.29. The molecule has 3 nitrogen and oxygen atoms in total. The number of rotatable bonds is 6. The second-order valence-electron chi connectivity index (χ2n) is 4.97. The smallest absolute Gasteiger partial charge is 0.370 e. The Bertz CT molecular complexity index is 619. The summed E-state index contributed by atoms with van der Waals surface area (Å²) < 4.78 is 37.4. The van der Waals surface area contributed by atoms with E-state index in [0.717, 1.165) is 24.1 Å². The number of hydrogen-bond acceptors (Lipinski definition) is 2. The summed E-state index contributed by atoms with van der Waals surface area (Å²) in [5.41, 5.74) is 5.93. The number of nitrogens with one attached hydrogen (secondary N) is 1. The fourth-order valence-electron chi connectivity index (χ4n) is 1.99. The molecule has 0 saturated carbocycles. The Kier molecular flexibility index (Phi) is 6.04. The molecule has 0 saturated heterocycles. The summed E-state index contributed by atoms with van der Waals surface area (Å²) in [7, 11) is 0. The molecule has 0 unspecified atom stereocenters. The van der Waals surface area contributed by atoms with E-state index in [1.165, 1.54) is 17.0 Å². The fourth-order valence-corrected chi connectivity index (χ4v) is 2.69. The van der Waals surface area contributed by atoms with E-state index < -0.39 is 11.7 Å². The highest BCUT2D eigenvalue weighted by Gasteiger charge is 2.29. The van der Waals surface area contributed by atoms with Crippen LogP contribution in [0, 0.1) is 0 Å². The van der Waals surface area contributed by atoms with Gasteiger partial charge in [-0.2, -0.15) is 13.2 Å². The largest absolute Gasteiger partial charge is 0.416 e. The average molecular weight is 341 g/mol. The number of guanidine groups is 1. The Morgan fingerprint density at radius 2 is 1.87 bits per heavy atom. The van der Waals surface area contributed by atoms with Gasteiger partial charge in [-0.3, -0.25) is 4.99 Å². The minimum atomic E-state index is -4.30. The average Bonchev–Trinajstić information content (AvgIpc) is 3.00. The van der Waals surface area contributed by atoms with Gasteiger partial charge in [0.05, 0.1) is 5.56 Å². The van der Waals surface area contributed by atoms with Gasteiger partial charge in [0.1, 0.15) is 0 Å². The standard InChI is InChI=1S/C16H18F3N3S/c17-16(18,19)13-5-3-12(4-6-13)7-9-21-15(20)22-10-8-14-2-1-11-23-14/h1-6,11H,7-10H2,(H3,20,21,22). The molecule has 23 heavy (non-hydrogen) atoms. The van der Waals surface area contributed by atoms with Crippen molar-refractivity contribution in [1.29, 1.82) is 0 Å². The van der Waals surface area contributed by atoms with Crippen LogP contribution < -0.4 is 11.1 Å². The van der Waals surface area contributed by atoms with Crippen molar-refractivity contribution in [1.82, 2.24) is 5.32 Å². The molecule has 2 rings (SSSR count). The van der Waals surface area contributed by atoms with Crippen LogP contribution in [-0.4, -0.2) is 19.0 Å². The van der Waals surface area contributed by atoms with Gasteiger partial charge >= 0.3 is 6.18 Å². The maximum absolute atomic E-state index is 12.5. The summed E-state index contributed by atoms with van der Waals surface area (Å²) in [5, 5.41) is 4.98. The molecule has 0 aliphatic heterocycles. The Morgan fingerprint density at radius 1 is 1.13 bits per heavy atom. The molecule has 0 spiro atoms. The number of aliphatic imine (C=N–C) groups is 1. The molecule has 3 N–H and O–H groups in total. The Labute approximate surface area is 137 Å². The molecular formula is C16H18F3N3S. The van der Waals surface area contributed by atoms with Crippen molar-refractivity contribution in [2.24, 2.45) is 10.7 Å². The lowest BCUT2D eigenvalue weighted by Gasteiger charge is -2.08. The Balaban J connectivity index is 1.71. The van der Waals surface area contributed by atoms with Gasteiger partial charge in [0.25, 0.3) is 0 Å². The number of halogens is 3. The number of nitrogens with zero attached hydrogens (tertiary/aromatic N) is 1. The van der Waals surface area contributed by atoms with Crippen LogP contribution in [0.5, 0.6) is 0 Å². The van der Waals surface area contributed by atoms with Crippen molar-refractivity contribution >= 4 is 17.3 Å². The first-order valence-electron chi connectivity index (χ1n) is 7.17. The normalized spacial score (nSPS) is 12.4. The van der Waals surface area contributed by atoms with E-state index in [4.69, 9.17) is 5.73 Å². The van der Waals surface area contributed by atoms with Gasteiger partial charge in [-0.05, 0) is 35.6 Å². The quantitative estimate of drug-likeness (QED) is 0.624. The number of nitrogens with two attached hydrogens (primary N) is 1. The van der Waals surface area contributed by atoms with E-state index in [0.29, 0.717) is 25.5 Å². The van der Waals surface area contributed by atoms with Crippen LogP contribution in [0.25, 0.3) is 0 Å². The minimum Gasteiger partial charge on any atom is -0.370 e. The summed E-state index contributed by atoms with van der Waals surface area (Å²) in [6.07, 6.45) is -2.87. The summed E-state index contributed by atoms with van der Waals surface area (Å²) in [5.74, 6) is 0.355. The van der Waals surface area contributed by atoms with Crippen molar-refractivity contribution in [3.63, 3.8) is 0 Å². The molecule has 0 atom stereocenters. The van der Waals surface area contributed by atoms with E-state index in [-0.39, 0.29) is 0 Å². The van der Waals surface area contributed by atoms with Crippen LogP contribution in [0.2, 0.25) is 0 Å². The zero-order chi connectivity index (χ0) is 16.7. The van der Waals surface area contributed by atoms with Gasteiger partial charge < -0.3 is 11.1 Å². The van der Waals surface area contributed by atoms with Crippen LogP contribution in [-0.2, 0) is 19.0 Å². The van der Waals surface area contributed by atoms with E-state index in [1.54, 1.807) is 11.3 Å². The second-order valence-corrected chi connectivity index (χ2v) is 6.00. The molecule has 0 bridgehead atoms. The molecular weight excluding hydrogens is 323 g/mol. The van der Waals surface area contributed by atoms with Crippen molar-refractivity contribution in [2.45, 2.75) is 19.0 Å². The first kappa shape index (κ1) is 17.3. The van der Waals surface area contributed by atoms with Gasteiger partial charge in [0.2, 0.25) is 0 Å². The molecule has 1 aromatic heterocycles. The van der Waals surface area contributed by atoms with E-state index in [9.17, 15) is 13.2 Å². The first-order valence-corrected chi connectivity index (χ1v) is 8.05. The lowest BCUT2D eigenvalue weighted by molar-refractivity contribution is -0.137. The summed E-state index contributed by atoms with van der Waals surface area (Å²) in [4.78, 5) is 5.47. The summed E-state index contributed by atoms with van der Waals surface area (Å²) >= 11 is 1.68. The van der Waals surface area contributed by atoms with Gasteiger partial charge in [-0.25, -0.2) is 0 Å². The molecule has 0 amide bonds. The predicted octanol–water partition coefficient (Wildman–Crippen LogP) is 3.46. The topological polar surface area (TPSA) is 50.4 Å². The molecule has 1 heterocycles. The third-order valence-electron chi connectivity index (χ3n) is 3.22. The van der Waals surface area contributed by atoms with Gasteiger partial charge in [0, 0.05) is 24.4 Å². The third kappa shape index (κ3) is 5.94. The first-order chi connectivity index (χ1) is 10.9. The van der Waals surface area contributed by atoms with E-state index in [1.807, 2.05) is 11.4 Å². The predicted molar refractivity (Wildman–Crippen MR) is 87.7 cm³/mol. The zero-order valence-corrected chi connectivity index (χ0v) is 13.3. The lowest BCUT2D eigenvalue weighted by atomic mass is 10.1. The van der Waals surface area contributed by atoms with Gasteiger partial charge in [0.15, 0.2) is 5.96 Å². The van der Waals surface area contributed by atoms with Crippen LogP contribution in [0.4, 0.5) is 13.2 Å². The molecule has 2 aromatic rings. The highest BCUT2D eigenvalue weighted by molar-refractivity contribution is 7.09. The zero-order valence-electron chi connectivity index (χ0n) is 12.4. The Morgan fingerprint density at radius 3 is 2.48 bits per heavy atom. The molecule has 0 radical (unpaired) electrons. The molecule has 1 aromatic carbocycles. The highest BCUT2D eigenvalue weighted by atomic mass is 32.1. The van der Waals surface area contributed by atoms with Crippen molar-refractivity contribution < 1.29 is 13.2 Å². The SMILES string of the molecule is NC(=NCCc1cccs1)NCCc1ccc(C(F)(F)F)cc1. The molecule has 124 valence electrons. The maximum Gasteiger partial charge on any atom is 0.416 e. The van der Waals surface area contributed by atoms with E-state index >= 15 is 0 Å². The van der Waals surface area contributed by atoms with Gasteiger partial charge in [-0.15, -0.1) is 11.3 Å². The van der Waals surface area contributed by atoms with Crippen molar-refractivity contribution in [3.05, 3.63) is 57.8 Å². The molecule has 0 aliphatic rings. The maximum atomic E-state index is 12.5. The molecule has 0 aliphatic carbocycles. The fraction of sp³-hybridized carbons (Fsp3) is 0.312. The minimum absolute atomic E-state index is 0.355. The van der Waals surface area contributed by atoms with Crippen LogP contribution >= 0.6 is 11.3 Å². The number of thiophene rings is 1.